The Labute approximate surface area is 163 Å². The van der Waals surface area contributed by atoms with Crippen LogP contribution in [0.4, 0.5) is 4.39 Å². The van der Waals surface area contributed by atoms with E-state index in [0.717, 1.165) is 14.2 Å². The Balaban J connectivity index is 1.70. The van der Waals surface area contributed by atoms with Crippen LogP contribution in [-0.4, -0.2) is 34.5 Å². The SMILES string of the molecule is CN(Cc1ccc(Br)s1)C(=O)C1=NN(Cc2ccc(F)cc2)C(=O)CC1. The average Bonchev–Trinajstić information content (AvgIpc) is 3.03. The van der Waals surface area contributed by atoms with Gasteiger partial charge in [0.15, 0.2) is 0 Å². The van der Waals surface area contributed by atoms with Crippen molar-refractivity contribution in [2.45, 2.75) is 25.9 Å². The first kappa shape index (κ1) is 18.7. The summed E-state index contributed by atoms with van der Waals surface area (Å²) >= 11 is 4.98. The smallest absolute Gasteiger partial charge is 0.270 e. The summed E-state index contributed by atoms with van der Waals surface area (Å²) in [5.41, 5.74) is 1.12. The van der Waals surface area contributed by atoms with Crippen molar-refractivity contribution in [3.63, 3.8) is 0 Å². The molecule has 0 fully saturated rings. The second-order valence-corrected chi connectivity index (χ2v) is 8.54. The van der Waals surface area contributed by atoms with Crippen molar-refractivity contribution in [1.29, 1.82) is 0 Å². The lowest BCUT2D eigenvalue weighted by Crippen LogP contribution is -2.39. The average molecular weight is 438 g/mol. The van der Waals surface area contributed by atoms with Crippen molar-refractivity contribution in [2.75, 3.05) is 7.05 Å². The molecule has 1 aliphatic rings. The molecule has 0 aliphatic carbocycles. The molecule has 2 aromatic rings. The number of hydrazone groups is 1. The van der Waals surface area contributed by atoms with Crippen LogP contribution >= 0.6 is 27.3 Å². The number of rotatable bonds is 5. The third kappa shape index (κ3) is 4.56. The molecule has 2 amide bonds. The van der Waals surface area contributed by atoms with Crippen LogP contribution in [0.25, 0.3) is 0 Å². The zero-order valence-corrected chi connectivity index (χ0v) is 16.5. The number of halogens is 2. The van der Waals surface area contributed by atoms with E-state index in [4.69, 9.17) is 0 Å². The molecule has 2 heterocycles. The highest BCUT2D eigenvalue weighted by Gasteiger charge is 2.26. The second kappa shape index (κ2) is 8.09. The first-order valence-corrected chi connectivity index (χ1v) is 9.65. The molecule has 136 valence electrons. The summed E-state index contributed by atoms with van der Waals surface area (Å²) in [5, 5.41) is 5.55. The van der Waals surface area contributed by atoms with Crippen molar-refractivity contribution in [3.05, 3.63) is 56.4 Å². The molecule has 0 radical (unpaired) electrons. The molecule has 1 aromatic carbocycles. The van der Waals surface area contributed by atoms with Crippen LogP contribution in [0.15, 0.2) is 45.3 Å². The van der Waals surface area contributed by atoms with Crippen molar-refractivity contribution < 1.29 is 14.0 Å². The minimum Gasteiger partial charge on any atom is -0.335 e. The predicted octanol–water partition coefficient (Wildman–Crippen LogP) is 3.79. The quantitative estimate of drug-likeness (QED) is 0.714. The molecule has 0 saturated heterocycles. The molecule has 8 heteroatoms. The Morgan fingerprint density at radius 3 is 2.65 bits per heavy atom. The summed E-state index contributed by atoms with van der Waals surface area (Å²) in [6.45, 7) is 0.706. The Bertz CT molecular complexity index is 850. The maximum absolute atomic E-state index is 13.0. The van der Waals surface area contributed by atoms with Crippen LogP contribution in [0.3, 0.4) is 0 Å². The van der Waals surface area contributed by atoms with E-state index in [0.29, 0.717) is 18.7 Å². The van der Waals surface area contributed by atoms with Gasteiger partial charge in [-0.25, -0.2) is 9.40 Å². The summed E-state index contributed by atoms with van der Waals surface area (Å²) in [6, 6.07) is 9.80. The van der Waals surface area contributed by atoms with E-state index in [9.17, 15) is 14.0 Å². The van der Waals surface area contributed by atoms with Gasteiger partial charge in [-0.2, -0.15) is 5.10 Å². The van der Waals surface area contributed by atoms with Crippen molar-refractivity contribution in [2.24, 2.45) is 5.10 Å². The van der Waals surface area contributed by atoms with Gasteiger partial charge in [0.1, 0.15) is 11.5 Å². The molecule has 5 nitrogen and oxygen atoms in total. The van der Waals surface area contributed by atoms with E-state index in [1.165, 1.54) is 17.1 Å². The molecule has 0 bridgehead atoms. The Kier molecular flexibility index (Phi) is 5.83. The fourth-order valence-corrected chi connectivity index (χ4v) is 4.14. The summed E-state index contributed by atoms with van der Waals surface area (Å²) in [6.07, 6.45) is 0.570. The first-order chi connectivity index (χ1) is 12.4. The van der Waals surface area contributed by atoms with Gasteiger partial charge in [0.25, 0.3) is 5.91 Å². The highest BCUT2D eigenvalue weighted by Crippen LogP contribution is 2.23. The van der Waals surface area contributed by atoms with Gasteiger partial charge in [-0.1, -0.05) is 12.1 Å². The molecular weight excluding hydrogens is 421 g/mol. The van der Waals surface area contributed by atoms with Crippen LogP contribution in [0.5, 0.6) is 0 Å². The molecule has 3 rings (SSSR count). The molecule has 0 atom stereocenters. The third-order valence-corrected chi connectivity index (χ3v) is 5.57. The van der Waals surface area contributed by atoms with E-state index >= 15 is 0 Å². The summed E-state index contributed by atoms with van der Waals surface area (Å²) in [4.78, 5) is 27.4. The van der Waals surface area contributed by atoms with Crippen LogP contribution in [0, 0.1) is 5.82 Å². The monoisotopic (exact) mass is 437 g/mol. The number of benzene rings is 1. The van der Waals surface area contributed by atoms with Gasteiger partial charge in [-0.05, 0) is 45.8 Å². The molecule has 1 aromatic heterocycles. The number of carbonyl (C=O) groups excluding carboxylic acids is 2. The Morgan fingerprint density at radius 1 is 1.27 bits per heavy atom. The first-order valence-electron chi connectivity index (χ1n) is 8.04. The molecule has 0 saturated carbocycles. The Hall–Kier alpha value is -2.06. The fourth-order valence-electron chi connectivity index (χ4n) is 2.60. The van der Waals surface area contributed by atoms with Crippen molar-refractivity contribution in [3.8, 4) is 0 Å². The van der Waals surface area contributed by atoms with Crippen LogP contribution in [0.1, 0.15) is 23.3 Å². The molecule has 1 aliphatic heterocycles. The molecule has 0 N–H and O–H groups in total. The summed E-state index contributed by atoms with van der Waals surface area (Å²) < 4.78 is 14.0. The highest BCUT2D eigenvalue weighted by molar-refractivity contribution is 9.11. The van der Waals surface area contributed by atoms with Crippen LogP contribution in [-0.2, 0) is 22.7 Å². The largest absolute Gasteiger partial charge is 0.335 e. The topological polar surface area (TPSA) is 53.0 Å². The maximum atomic E-state index is 13.0. The van der Waals surface area contributed by atoms with Gasteiger partial charge < -0.3 is 4.90 Å². The van der Waals surface area contributed by atoms with Gasteiger partial charge in [0, 0.05) is 24.8 Å². The number of nitrogens with zero attached hydrogens (tertiary/aromatic N) is 3. The minimum absolute atomic E-state index is 0.143. The maximum Gasteiger partial charge on any atom is 0.270 e. The molecule has 0 unspecified atom stereocenters. The van der Waals surface area contributed by atoms with Gasteiger partial charge in [-0.3, -0.25) is 9.59 Å². The zero-order chi connectivity index (χ0) is 18.7. The van der Waals surface area contributed by atoms with Crippen molar-refractivity contribution >= 4 is 44.8 Å². The number of hydrogen-bond donors (Lipinski definition) is 0. The Morgan fingerprint density at radius 2 is 2.00 bits per heavy atom. The highest BCUT2D eigenvalue weighted by atomic mass is 79.9. The van der Waals surface area contributed by atoms with E-state index in [1.807, 2.05) is 12.1 Å². The normalized spacial score (nSPS) is 14.3. The number of amides is 2. The number of carbonyl (C=O) groups is 2. The van der Waals surface area contributed by atoms with E-state index < -0.39 is 0 Å². The van der Waals surface area contributed by atoms with Gasteiger partial charge in [-0.15, -0.1) is 11.3 Å². The van der Waals surface area contributed by atoms with Crippen LogP contribution < -0.4 is 0 Å². The van der Waals surface area contributed by atoms with Gasteiger partial charge >= 0.3 is 0 Å². The van der Waals surface area contributed by atoms with E-state index in [1.54, 1.807) is 35.4 Å². The van der Waals surface area contributed by atoms with Crippen molar-refractivity contribution in [1.82, 2.24) is 9.91 Å². The van der Waals surface area contributed by atoms with E-state index in [-0.39, 0.29) is 30.6 Å². The molecular formula is C18H17BrFN3O2S. The zero-order valence-electron chi connectivity index (χ0n) is 14.1. The van der Waals surface area contributed by atoms with E-state index in [2.05, 4.69) is 21.0 Å². The van der Waals surface area contributed by atoms with Gasteiger partial charge in [0.2, 0.25) is 5.91 Å². The standard InChI is InChI=1S/C18H17BrFN3O2S/c1-22(11-14-6-8-16(19)26-14)18(25)15-7-9-17(24)23(21-15)10-12-2-4-13(20)5-3-12/h2-6,8H,7,9-11H2,1H3. The minimum atomic E-state index is -0.333. The summed E-state index contributed by atoms with van der Waals surface area (Å²) in [5.74, 6) is -0.665. The number of thiophene rings is 1. The predicted molar refractivity (Wildman–Crippen MR) is 102 cm³/mol. The lowest BCUT2D eigenvalue weighted by molar-refractivity contribution is -0.132. The molecule has 26 heavy (non-hydrogen) atoms. The lowest BCUT2D eigenvalue weighted by atomic mass is 10.1. The van der Waals surface area contributed by atoms with Gasteiger partial charge in [0.05, 0.1) is 16.9 Å². The lowest BCUT2D eigenvalue weighted by Gasteiger charge is -2.25. The fraction of sp³-hybridized carbons (Fsp3) is 0.278. The van der Waals surface area contributed by atoms with Crippen LogP contribution in [0.2, 0.25) is 0 Å². The molecule has 0 spiro atoms. The number of hydrogen-bond acceptors (Lipinski definition) is 4. The summed E-state index contributed by atoms with van der Waals surface area (Å²) in [7, 11) is 1.72. The second-order valence-electron chi connectivity index (χ2n) is 5.99. The third-order valence-electron chi connectivity index (χ3n) is 3.97.